The number of likely N-dealkylation sites (tertiary alicyclic amines) is 1. The Balaban J connectivity index is 1.53. The molecule has 1 nitrogen and oxygen atoms in total. The quantitative estimate of drug-likeness (QED) is 0.820. The highest BCUT2D eigenvalue weighted by atomic mass is 19.1. The predicted molar refractivity (Wildman–Crippen MR) is 79.9 cm³/mol. The molecule has 0 saturated carbocycles. The van der Waals surface area contributed by atoms with Crippen molar-refractivity contribution in [2.45, 2.75) is 19.4 Å². The van der Waals surface area contributed by atoms with Crippen LogP contribution in [0, 0.1) is 17.6 Å². The van der Waals surface area contributed by atoms with Gasteiger partial charge in [0.2, 0.25) is 0 Å². The van der Waals surface area contributed by atoms with Gasteiger partial charge in [0.25, 0.3) is 0 Å². The first-order valence-corrected chi connectivity index (χ1v) is 7.40. The van der Waals surface area contributed by atoms with Crippen molar-refractivity contribution in [2.75, 3.05) is 13.1 Å². The molecule has 110 valence electrons. The fourth-order valence-electron chi connectivity index (χ4n) is 3.02. The molecule has 1 fully saturated rings. The molecule has 0 radical (unpaired) electrons. The van der Waals surface area contributed by atoms with Crippen LogP contribution in [0.3, 0.4) is 0 Å². The molecule has 0 aliphatic carbocycles. The van der Waals surface area contributed by atoms with Crippen molar-refractivity contribution in [2.24, 2.45) is 5.92 Å². The lowest BCUT2D eigenvalue weighted by atomic mass is 9.99. The molecule has 2 aromatic rings. The molecule has 1 unspecified atom stereocenters. The van der Waals surface area contributed by atoms with Gasteiger partial charge >= 0.3 is 0 Å². The Bertz CT molecular complexity index is 524. The molecule has 0 spiro atoms. The Morgan fingerprint density at radius 2 is 1.43 bits per heavy atom. The van der Waals surface area contributed by atoms with Gasteiger partial charge in [0.1, 0.15) is 11.6 Å². The average Bonchev–Trinajstić information content (AvgIpc) is 2.91. The van der Waals surface area contributed by atoms with Crippen molar-refractivity contribution < 1.29 is 8.78 Å². The maximum absolute atomic E-state index is 12.9. The molecule has 0 amide bonds. The zero-order chi connectivity index (χ0) is 14.7. The van der Waals surface area contributed by atoms with Gasteiger partial charge in [-0.3, -0.25) is 4.90 Å². The molecule has 1 heterocycles. The summed E-state index contributed by atoms with van der Waals surface area (Å²) >= 11 is 0. The van der Waals surface area contributed by atoms with Gasteiger partial charge in [0.05, 0.1) is 0 Å². The van der Waals surface area contributed by atoms with Gasteiger partial charge in [-0.05, 0) is 60.7 Å². The Labute approximate surface area is 124 Å². The summed E-state index contributed by atoms with van der Waals surface area (Å²) in [5, 5.41) is 0. The first kappa shape index (κ1) is 14.2. The minimum Gasteiger partial charge on any atom is -0.299 e. The fraction of sp³-hybridized carbons (Fsp3) is 0.333. The average molecular weight is 287 g/mol. The first-order chi connectivity index (χ1) is 10.2. The maximum Gasteiger partial charge on any atom is 0.123 e. The van der Waals surface area contributed by atoms with Crippen LogP contribution in [0.1, 0.15) is 17.5 Å². The van der Waals surface area contributed by atoms with Crippen molar-refractivity contribution in [3.8, 4) is 0 Å². The monoisotopic (exact) mass is 287 g/mol. The van der Waals surface area contributed by atoms with E-state index in [1.54, 1.807) is 0 Å². The summed E-state index contributed by atoms with van der Waals surface area (Å²) in [6.07, 6.45) is 2.17. The van der Waals surface area contributed by atoms with Crippen LogP contribution < -0.4 is 0 Å². The van der Waals surface area contributed by atoms with E-state index in [0.29, 0.717) is 5.92 Å². The summed E-state index contributed by atoms with van der Waals surface area (Å²) in [7, 11) is 0. The van der Waals surface area contributed by atoms with Crippen LogP contribution in [0.4, 0.5) is 8.78 Å². The second kappa shape index (κ2) is 6.35. The Morgan fingerprint density at radius 3 is 2.05 bits per heavy atom. The zero-order valence-electron chi connectivity index (χ0n) is 11.9. The molecule has 0 aromatic heterocycles. The van der Waals surface area contributed by atoms with E-state index in [1.165, 1.54) is 36.2 Å². The van der Waals surface area contributed by atoms with Gasteiger partial charge in [-0.1, -0.05) is 24.3 Å². The fourth-order valence-corrected chi connectivity index (χ4v) is 3.02. The van der Waals surface area contributed by atoms with Gasteiger partial charge in [0, 0.05) is 13.1 Å². The van der Waals surface area contributed by atoms with E-state index in [-0.39, 0.29) is 11.6 Å². The van der Waals surface area contributed by atoms with Gasteiger partial charge < -0.3 is 0 Å². The van der Waals surface area contributed by atoms with Crippen LogP contribution in [0.5, 0.6) is 0 Å². The smallest absolute Gasteiger partial charge is 0.123 e. The first-order valence-electron chi connectivity index (χ1n) is 7.40. The van der Waals surface area contributed by atoms with E-state index in [0.717, 1.165) is 31.6 Å². The third kappa shape index (κ3) is 3.88. The number of halogens is 2. The van der Waals surface area contributed by atoms with Gasteiger partial charge in [-0.25, -0.2) is 8.78 Å². The van der Waals surface area contributed by atoms with Crippen LogP contribution in [0.15, 0.2) is 48.5 Å². The topological polar surface area (TPSA) is 3.24 Å². The van der Waals surface area contributed by atoms with Crippen molar-refractivity contribution in [3.05, 3.63) is 71.3 Å². The van der Waals surface area contributed by atoms with E-state index in [4.69, 9.17) is 0 Å². The van der Waals surface area contributed by atoms with Crippen molar-refractivity contribution in [1.29, 1.82) is 0 Å². The molecular formula is C18H19F2N. The number of hydrogen-bond donors (Lipinski definition) is 0. The molecule has 3 heteroatoms. The Hall–Kier alpha value is -1.74. The number of benzene rings is 2. The lowest BCUT2D eigenvalue weighted by Crippen LogP contribution is -2.20. The second-order valence-corrected chi connectivity index (χ2v) is 5.85. The summed E-state index contributed by atoms with van der Waals surface area (Å²) in [5.74, 6) is 0.258. The maximum atomic E-state index is 12.9. The summed E-state index contributed by atoms with van der Waals surface area (Å²) in [6, 6.07) is 13.5. The summed E-state index contributed by atoms with van der Waals surface area (Å²) in [5.41, 5.74) is 2.35. The van der Waals surface area contributed by atoms with Crippen LogP contribution in [0.25, 0.3) is 0 Å². The van der Waals surface area contributed by atoms with Crippen molar-refractivity contribution in [3.63, 3.8) is 0 Å². The zero-order valence-corrected chi connectivity index (χ0v) is 11.9. The van der Waals surface area contributed by atoms with Gasteiger partial charge in [-0.15, -0.1) is 0 Å². The number of rotatable bonds is 4. The summed E-state index contributed by atoms with van der Waals surface area (Å²) in [6.45, 7) is 3.00. The molecule has 1 saturated heterocycles. The van der Waals surface area contributed by atoms with E-state index in [9.17, 15) is 8.78 Å². The lowest BCUT2D eigenvalue weighted by molar-refractivity contribution is 0.316. The number of nitrogens with zero attached hydrogens (tertiary/aromatic N) is 1. The molecular weight excluding hydrogens is 268 g/mol. The third-order valence-corrected chi connectivity index (χ3v) is 4.13. The molecule has 2 aromatic carbocycles. The van der Waals surface area contributed by atoms with Gasteiger partial charge in [0.15, 0.2) is 0 Å². The van der Waals surface area contributed by atoms with Crippen LogP contribution in [-0.4, -0.2) is 18.0 Å². The molecule has 0 bridgehead atoms. The molecule has 3 rings (SSSR count). The standard InChI is InChI=1S/C18H19F2N/c19-17-5-1-14(2-6-17)11-16-9-10-21(13-16)12-15-3-7-18(20)8-4-15/h1-8,16H,9-13H2. The van der Waals surface area contributed by atoms with Gasteiger partial charge in [-0.2, -0.15) is 0 Å². The predicted octanol–water partition coefficient (Wildman–Crippen LogP) is 4.03. The van der Waals surface area contributed by atoms with Crippen LogP contribution in [-0.2, 0) is 13.0 Å². The van der Waals surface area contributed by atoms with Crippen molar-refractivity contribution in [1.82, 2.24) is 4.90 Å². The minimum absolute atomic E-state index is 0.178. The second-order valence-electron chi connectivity index (χ2n) is 5.85. The highest BCUT2D eigenvalue weighted by Crippen LogP contribution is 2.22. The Kier molecular flexibility index (Phi) is 4.30. The molecule has 1 atom stereocenters. The van der Waals surface area contributed by atoms with E-state index in [2.05, 4.69) is 4.90 Å². The largest absolute Gasteiger partial charge is 0.299 e. The lowest BCUT2D eigenvalue weighted by Gasteiger charge is -2.16. The van der Waals surface area contributed by atoms with E-state index < -0.39 is 0 Å². The molecule has 1 aliphatic heterocycles. The summed E-state index contributed by atoms with van der Waals surface area (Å²) in [4.78, 5) is 2.40. The van der Waals surface area contributed by atoms with E-state index >= 15 is 0 Å². The highest BCUT2D eigenvalue weighted by Gasteiger charge is 2.22. The normalized spacial score (nSPS) is 19.0. The Morgan fingerprint density at radius 1 is 0.857 bits per heavy atom. The van der Waals surface area contributed by atoms with E-state index in [1.807, 2.05) is 24.3 Å². The van der Waals surface area contributed by atoms with Crippen LogP contribution >= 0.6 is 0 Å². The van der Waals surface area contributed by atoms with Crippen molar-refractivity contribution >= 4 is 0 Å². The SMILES string of the molecule is Fc1ccc(CC2CCN(Cc3ccc(F)cc3)C2)cc1. The number of hydrogen-bond acceptors (Lipinski definition) is 1. The molecule has 21 heavy (non-hydrogen) atoms. The highest BCUT2D eigenvalue weighted by molar-refractivity contribution is 5.18. The molecule has 0 N–H and O–H groups in total. The third-order valence-electron chi connectivity index (χ3n) is 4.13. The summed E-state index contributed by atoms with van der Waals surface area (Å²) < 4.78 is 25.8. The minimum atomic E-state index is -0.186. The molecule has 1 aliphatic rings. The van der Waals surface area contributed by atoms with Crippen LogP contribution in [0.2, 0.25) is 0 Å².